The van der Waals surface area contributed by atoms with Crippen molar-refractivity contribution in [2.24, 2.45) is 5.92 Å². The van der Waals surface area contributed by atoms with Gasteiger partial charge in [-0.1, -0.05) is 6.92 Å². The highest BCUT2D eigenvalue weighted by Crippen LogP contribution is 2.27. The molecule has 0 saturated carbocycles. The monoisotopic (exact) mass is 182 g/mol. The van der Waals surface area contributed by atoms with Crippen LogP contribution in [0.25, 0.3) is 0 Å². The van der Waals surface area contributed by atoms with E-state index in [0.29, 0.717) is 6.04 Å². The Morgan fingerprint density at radius 3 is 2.54 bits per heavy atom. The van der Waals surface area contributed by atoms with Crippen LogP contribution in [0.15, 0.2) is 0 Å². The van der Waals surface area contributed by atoms with Crippen LogP contribution in [0.5, 0.6) is 0 Å². The first kappa shape index (κ1) is 9.47. The number of nitrogens with one attached hydrogen (secondary N) is 1. The summed E-state index contributed by atoms with van der Waals surface area (Å²) in [6.07, 6.45) is 4.10. The van der Waals surface area contributed by atoms with Crippen molar-refractivity contribution < 1.29 is 0 Å². The molecule has 2 unspecified atom stereocenters. The van der Waals surface area contributed by atoms with Gasteiger partial charge >= 0.3 is 0 Å². The zero-order valence-corrected chi connectivity index (χ0v) is 8.92. The first-order valence-corrected chi connectivity index (χ1v) is 5.78. The summed E-state index contributed by atoms with van der Waals surface area (Å²) in [5.74, 6) is 0.971. The lowest BCUT2D eigenvalue weighted by atomic mass is 9.83. The number of fused-ring (bicyclic) bond motifs is 3. The third-order valence-corrected chi connectivity index (χ3v) is 3.77. The molecule has 3 heterocycles. The van der Waals surface area contributed by atoms with Crippen LogP contribution in [0.2, 0.25) is 0 Å². The lowest BCUT2D eigenvalue weighted by molar-refractivity contribution is 0.0678. The molecule has 13 heavy (non-hydrogen) atoms. The molecule has 3 rings (SSSR count). The summed E-state index contributed by atoms with van der Waals surface area (Å²) in [4.78, 5) is 2.61. The number of nitrogens with zero attached hydrogens (tertiary/aromatic N) is 1. The molecule has 3 aliphatic rings. The van der Waals surface area contributed by atoms with Crippen LogP contribution in [0.3, 0.4) is 0 Å². The van der Waals surface area contributed by atoms with E-state index in [2.05, 4.69) is 24.1 Å². The van der Waals surface area contributed by atoms with Gasteiger partial charge in [0.15, 0.2) is 0 Å². The van der Waals surface area contributed by atoms with Gasteiger partial charge < -0.3 is 10.2 Å². The highest BCUT2D eigenvalue weighted by Gasteiger charge is 2.33. The van der Waals surface area contributed by atoms with Crippen molar-refractivity contribution in [1.29, 1.82) is 0 Å². The molecule has 3 saturated heterocycles. The molecule has 0 aromatic heterocycles. The molecule has 2 nitrogen and oxygen atoms in total. The first-order valence-electron chi connectivity index (χ1n) is 5.78. The van der Waals surface area contributed by atoms with Gasteiger partial charge in [0.25, 0.3) is 0 Å². The molecule has 0 radical (unpaired) electrons. The Bertz CT molecular complexity index is 161. The molecular formula is C11H22N2. The van der Waals surface area contributed by atoms with Gasteiger partial charge in [-0.05, 0) is 45.2 Å². The molecule has 76 valence electrons. The summed E-state index contributed by atoms with van der Waals surface area (Å²) < 4.78 is 0. The topological polar surface area (TPSA) is 15.3 Å². The number of hydrogen-bond acceptors (Lipinski definition) is 2. The summed E-state index contributed by atoms with van der Waals surface area (Å²) in [5.41, 5.74) is 0. The van der Waals surface area contributed by atoms with Crippen LogP contribution in [0.1, 0.15) is 33.1 Å². The van der Waals surface area contributed by atoms with E-state index in [4.69, 9.17) is 0 Å². The molecule has 0 aromatic rings. The third kappa shape index (κ3) is 2.05. The summed E-state index contributed by atoms with van der Waals surface area (Å²) in [6.45, 7) is 8.57. The average molecular weight is 182 g/mol. The van der Waals surface area contributed by atoms with Gasteiger partial charge in [-0.3, -0.25) is 0 Å². The number of hydrogen-bond donors (Lipinski definition) is 1. The molecule has 3 fully saturated rings. The Balaban J connectivity index is 1.86. The largest absolute Gasteiger partial charge is 0.310 e. The standard InChI is InChI=1S/C11H22N2/c1-3-9(2)12-11-8-13-6-4-10(11)5-7-13/h9-12H,3-8H2,1-2H3. The second-order valence-corrected chi connectivity index (χ2v) is 4.72. The lowest BCUT2D eigenvalue weighted by Crippen LogP contribution is -2.57. The maximum atomic E-state index is 3.76. The second kappa shape index (κ2) is 3.97. The maximum Gasteiger partial charge on any atom is 0.0226 e. The fourth-order valence-corrected chi connectivity index (χ4v) is 2.64. The minimum absolute atomic E-state index is 0.700. The smallest absolute Gasteiger partial charge is 0.0226 e. The molecule has 0 aliphatic carbocycles. The summed E-state index contributed by atoms with van der Waals surface area (Å²) in [7, 11) is 0. The number of rotatable bonds is 3. The van der Waals surface area contributed by atoms with Crippen molar-refractivity contribution in [3.63, 3.8) is 0 Å². The molecule has 0 amide bonds. The first-order chi connectivity index (χ1) is 6.29. The van der Waals surface area contributed by atoms with E-state index >= 15 is 0 Å². The predicted molar refractivity (Wildman–Crippen MR) is 55.8 cm³/mol. The molecule has 0 aromatic carbocycles. The van der Waals surface area contributed by atoms with E-state index in [1.807, 2.05) is 0 Å². The van der Waals surface area contributed by atoms with Gasteiger partial charge in [0, 0.05) is 18.6 Å². The maximum absolute atomic E-state index is 3.76. The predicted octanol–water partition coefficient (Wildman–Crippen LogP) is 1.47. The Morgan fingerprint density at radius 2 is 2.08 bits per heavy atom. The zero-order valence-electron chi connectivity index (χ0n) is 8.92. The Kier molecular flexibility index (Phi) is 2.89. The van der Waals surface area contributed by atoms with Gasteiger partial charge in [-0.25, -0.2) is 0 Å². The zero-order chi connectivity index (χ0) is 9.26. The van der Waals surface area contributed by atoms with E-state index in [0.717, 1.165) is 12.0 Å². The van der Waals surface area contributed by atoms with Crippen molar-refractivity contribution in [3.8, 4) is 0 Å². The highest BCUT2D eigenvalue weighted by atomic mass is 15.2. The highest BCUT2D eigenvalue weighted by molar-refractivity contribution is 4.91. The van der Waals surface area contributed by atoms with Gasteiger partial charge in [0.1, 0.15) is 0 Å². The van der Waals surface area contributed by atoms with Crippen LogP contribution in [-0.2, 0) is 0 Å². The van der Waals surface area contributed by atoms with Crippen LogP contribution in [-0.4, -0.2) is 36.6 Å². The molecular weight excluding hydrogens is 160 g/mol. The second-order valence-electron chi connectivity index (χ2n) is 4.72. The van der Waals surface area contributed by atoms with Crippen molar-refractivity contribution >= 4 is 0 Å². The Labute approximate surface area is 81.7 Å². The van der Waals surface area contributed by atoms with Crippen LogP contribution in [0.4, 0.5) is 0 Å². The van der Waals surface area contributed by atoms with E-state index < -0.39 is 0 Å². The van der Waals surface area contributed by atoms with Gasteiger partial charge in [-0.15, -0.1) is 0 Å². The van der Waals surface area contributed by atoms with Gasteiger partial charge in [-0.2, -0.15) is 0 Å². The summed E-state index contributed by atoms with van der Waals surface area (Å²) >= 11 is 0. The van der Waals surface area contributed by atoms with E-state index in [1.165, 1.54) is 38.9 Å². The van der Waals surface area contributed by atoms with Gasteiger partial charge in [0.05, 0.1) is 0 Å². The van der Waals surface area contributed by atoms with E-state index in [-0.39, 0.29) is 0 Å². The van der Waals surface area contributed by atoms with Crippen molar-refractivity contribution in [1.82, 2.24) is 10.2 Å². The molecule has 2 heteroatoms. The fraction of sp³-hybridized carbons (Fsp3) is 1.00. The Hall–Kier alpha value is -0.0800. The SMILES string of the molecule is CCC(C)NC1CN2CCC1CC2. The minimum Gasteiger partial charge on any atom is -0.310 e. The fourth-order valence-electron chi connectivity index (χ4n) is 2.64. The summed E-state index contributed by atoms with van der Waals surface area (Å²) in [6, 6.07) is 1.49. The third-order valence-electron chi connectivity index (χ3n) is 3.77. The molecule has 3 aliphatic heterocycles. The molecule has 1 N–H and O–H groups in total. The average Bonchev–Trinajstić information content (AvgIpc) is 2.19. The molecule has 0 spiro atoms. The van der Waals surface area contributed by atoms with Crippen LogP contribution >= 0.6 is 0 Å². The number of piperidine rings is 3. The van der Waals surface area contributed by atoms with E-state index in [9.17, 15) is 0 Å². The van der Waals surface area contributed by atoms with Crippen molar-refractivity contribution in [3.05, 3.63) is 0 Å². The minimum atomic E-state index is 0.700. The quantitative estimate of drug-likeness (QED) is 0.711. The van der Waals surface area contributed by atoms with Crippen LogP contribution in [0, 0.1) is 5.92 Å². The Morgan fingerprint density at radius 1 is 1.38 bits per heavy atom. The van der Waals surface area contributed by atoms with Crippen LogP contribution < -0.4 is 5.32 Å². The molecule has 2 atom stereocenters. The normalized spacial score (nSPS) is 40.6. The van der Waals surface area contributed by atoms with E-state index in [1.54, 1.807) is 0 Å². The van der Waals surface area contributed by atoms with Gasteiger partial charge in [0.2, 0.25) is 0 Å². The summed E-state index contributed by atoms with van der Waals surface area (Å²) in [5, 5.41) is 3.76. The molecule has 2 bridgehead atoms. The lowest BCUT2D eigenvalue weighted by Gasteiger charge is -2.46. The van der Waals surface area contributed by atoms with Crippen molar-refractivity contribution in [2.45, 2.75) is 45.2 Å². The van der Waals surface area contributed by atoms with Crippen molar-refractivity contribution in [2.75, 3.05) is 19.6 Å².